The van der Waals surface area contributed by atoms with Crippen molar-refractivity contribution in [2.75, 3.05) is 45.8 Å². The molecular formula is C32H43N7O. The number of rotatable bonds is 8. The molecule has 0 unspecified atom stereocenters. The van der Waals surface area contributed by atoms with Gasteiger partial charge in [0.2, 0.25) is 11.9 Å². The zero-order chi connectivity index (χ0) is 28.9. The number of nitrogens with zero attached hydrogens (tertiary/aromatic N) is 4. The minimum absolute atomic E-state index is 0.135. The van der Waals surface area contributed by atoms with E-state index < -0.39 is 5.41 Å². The van der Waals surface area contributed by atoms with E-state index in [0.717, 1.165) is 53.9 Å². The summed E-state index contributed by atoms with van der Waals surface area (Å²) in [6.07, 6.45) is 2.75. The number of H-pyrrole nitrogens is 1. The fourth-order valence-electron chi connectivity index (χ4n) is 5.71. The first-order chi connectivity index (χ1) is 19.2. The molecule has 0 bridgehead atoms. The number of aromatic amines is 1. The number of aliphatic imine (C=N–C) groups is 1. The van der Waals surface area contributed by atoms with Crippen LogP contribution in [0.5, 0.6) is 0 Å². The summed E-state index contributed by atoms with van der Waals surface area (Å²) in [6.45, 7) is 17.6. The minimum atomic E-state index is -0.654. The van der Waals surface area contributed by atoms with E-state index in [4.69, 9.17) is 4.99 Å². The first-order valence-corrected chi connectivity index (χ1v) is 14.4. The van der Waals surface area contributed by atoms with Crippen LogP contribution in [0.2, 0.25) is 0 Å². The van der Waals surface area contributed by atoms with Gasteiger partial charge in [-0.15, -0.1) is 0 Å². The lowest BCUT2D eigenvalue weighted by atomic mass is 9.82. The minimum Gasteiger partial charge on any atom is -0.354 e. The summed E-state index contributed by atoms with van der Waals surface area (Å²) >= 11 is 0. The van der Waals surface area contributed by atoms with Gasteiger partial charge in [-0.05, 0) is 88.9 Å². The van der Waals surface area contributed by atoms with Crippen molar-refractivity contribution in [2.45, 2.75) is 53.4 Å². The maximum absolute atomic E-state index is 13.5. The molecule has 0 atom stereocenters. The summed E-state index contributed by atoms with van der Waals surface area (Å²) in [5.41, 5.74) is 7.21. The van der Waals surface area contributed by atoms with Crippen LogP contribution >= 0.6 is 0 Å². The van der Waals surface area contributed by atoms with E-state index >= 15 is 0 Å². The second kappa shape index (κ2) is 12.6. The van der Waals surface area contributed by atoms with E-state index in [0.29, 0.717) is 32.0 Å². The standard InChI is InChI=1S/C32H43N7O/c1-7-38(8-2)30(40)32(5,6)25-9-10-28-27(20-25)26(29(37-28)24-18-22(3)17-23(4)19-24)11-12-35-31(36-21-33)39-15-13-34-14-16-39/h9-10,17-20,34,37H,7-8,11-16H2,1-6H3,(H,35,36). The SMILES string of the molecule is CCN(CC)C(=O)C(C)(C)c1ccc2[nH]c(-c3cc(C)cc(C)c3)c(CCN=C(NC#N)N3CCNCC3)c2c1. The molecule has 212 valence electrons. The number of likely N-dealkylation sites (N-methyl/N-ethyl adjacent to an activating group) is 1. The molecule has 1 aliphatic rings. The molecule has 3 N–H and O–H groups in total. The van der Waals surface area contributed by atoms with Gasteiger partial charge in [-0.25, -0.2) is 0 Å². The van der Waals surface area contributed by atoms with Crippen molar-refractivity contribution in [1.82, 2.24) is 25.4 Å². The molecule has 0 spiro atoms. The van der Waals surface area contributed by atoms with Crippen molar-refractivity contribution in [3.8, 4) is 17.5 Å². The van der Waals surface area contributed by atoms with Gasteiger partial charge in [0, 0.05) is 62.4 Å². The number of guanidine groups is 1. The van der Waals surface area contributed by atoms with Crippen LogP contribution in [0.15, 0.2) is 41.4 Å². The number of aromatic nitrogens is 1. The number of nitriles is 1. The average molecular weight is 542 g/mol. The van der Waals surface area contributed by atoms with Gasteiger partial charge in [0.1, 0.15) is 0 Å². The van der Waals surface area contributed by atoms with Crippen LogP contribution in [0, 0.1) is 25.3 Å². The molecule has 1 aliphatic heterocycles. The molecule has 0 radical (unpaired) electrons. The van der Waals surface area contributed by atoms with E-state index in [1.165, 1.54) is 16.7 Å². The first-order valence-electron chi connectivity index (χ1n) is 14.4. The number of hydrogen-bond donors (Lipinski definition) is 3. The van der Waals surface area contributed by atoms with E-state index in [-0.39, 0.29) is 5.91 Å². The van der Waals surface area contributed by atoms with Crippen LogP contribution in [-0.4, -0.2) is 72.5 Å². The van der Waals surface area contributed by atoms with E-state index in [9.17, 15) is 10.1 Å². The summed E-state index contributed by atoms with van der Waals surface area (Å²) in [4.78, 5) is 26.0. The Hall–Kier alpha value is -3.83. The average Bonchev–Trinajstić information content (AvgIpc) is 3.31. The molecule has 40 heavy (non-hydrogen) atoms. The Morgan fingerprint density at radius 3 is 2.40 bits per heavy atom. The lowest BCUT2D eigenvalue weighted by Gasteiger charge is -2.31. The van der Waals surface area contributed by atoms with Crippen molar-refractivity contribution in [3.63, 3.8) is 0 Å². The summed E-state index contributed by atoms with van der Waals surface area (Å²) in [5, 5.41) is 16.6. The Balaban J connectivity index is 1.77. The predicted octanol–water partition coefficient (Wildman–Crippen LogP) is 4.47. The Labute approximate surface area is 238 Å². The van der Waals surface area contributed by atoms with Crippen molar-refractivity contribution in [2.24, 2.45) is 4.99 Å². The second-order valence-corrected chi connectivity index (χ2v) is 11.1. The van der Waals surface area contributed by atoms with Gasteiger partial charge >= 0.3 is 0 Å². The largest absolute Gasteiger partial charge is 0.354 e. The lowest BCUT2D eigenvalue weighted by molar-refractivity contribution is -0.135. The number of hydrogen-bond acceptors (Lipinski definition) is 4. The highest BCUT2D eigenvalue weighted by molar-refractivity contribution is 5.94. The van der Waals surface area contributed by atoms with Crippen LogP contribution in [0.4, 0.5) is 0 Å². The maximum Gasteiger partial charge on any atom is 0.232 e. The summed E-state index contributed by atoms with van der Waals surface area (Å²) in [6, 6.07) is 13.0. The Morgan fingerprint density at radius 1 is 1.10 bits per heavy atom. The molecule has 1 amide bonds. The molecule has 0 saturated carbocycles. The molecule has 8 heteroatoms. The number of amides is 1. The molecule has 0 aliphatic carbocycles. The van der Waals surface area contributed by atoms with Crippen LogP contribution in [0.3, 0.4) is 0 Å². The van der Waals surface area contributed by atoms with Crippen molar-refractivity contribution >= 4 is 22.8 Å². The molecule has 2 heterocycles. The maximum atomic E-state index is 13.5. The monoisotopic (exact) mass is 541 g/mol. The Morgan fingerprint density at radius 2 is 1.77 bits per heavy atom. The highest BCUT2D eigenvalue weighted by Gasteiger charge is 2.33. The van der Waals surface area contributed by atoms with E-state index in [1.807, 2.05) is 32.6 Å². The van der Waals surface area contributed by atoms with Crippen LogP contribution < -0.4 is 10.6 Å². The highest BCUT2D eigenvalue weighted by Crippen LogP contribution is 2.35. The third-order valence-corrected chi connectivity index (χ3v) is 7.93. The number of carbonyl (C=O) groups excluding carboxylic acids is 1. The van der Waals surface area contributed by atoms with Gasteiger partial charge in [0.05, 0.1) is 5.41 Å². The molecule has 1 saturated heterocycles. The summed E-state index contributed by atoms with van der Waals surface area (Å²) < 4.78 is 0. The van der Waals surface area contributed by atoms with Gasteiger partial charge in [0.25, 0.3) is 0 Å². The van der Waals surface area contributed by atoms with Crippen LogP contribution in [0.25, 0.3) is 22.2 Å². The normalized spacial score (nSPS) is 14.3. The van der Waals surface area contributed by atoms with Gasteiger partial charge in [-0.3, -0.25) is 15.1 Å². The first kappa shape index (κ1) is 29.2. The lowest BCUT2D eigenvalue weighted by Crippen LogP contribution is -2.50. The summed E-state index contributed by atoms with van der Waals surface area (Å²) in [7, 11) is 0. The van der Waals surface area contributed by atoms with Crippen LogP contribution in [-0.2, 0) is 16.6 Å². The number of fused-ring (bicyclic) bond motifs is 1. The van der Waals surface area contributed by atoms with Gasteiger partial charge in [-0.2, -0.15) is 5.26 Å². The fraction of sp³-hybridized carbons (Fsp3) is 0.469. The fourth-order valence-corrected chi connectivity index (χ4v) is 5.71. The van der Waals surface area contributed by atoms with Crippen LogP contribution in [0.1, 0.15) is 49.9 Å². The third-order valence-electron chi connectivity index (χ3n) is 7.93. The van der Waals surface area contributed by atoms with Gasteiger partial charge < -0.3 is 20.1 Å². The Bertz CT molecular complexity index is 1400. The number of carbonyl (C=O) groups is 1. The molecule has 2 aromatic carbocycles. The van der Waals surface area contributed by atoms with E-state index in [1.54, 1.807) is 0 Å². The van der Waals surface area contributed by atoms with Crippen molar-refractivity contribution in [3.05, 3.63) is 58.7 Å². The zero-order valence-electron chi connectivity index (χ0n) is 24.8. The summed E-state index contributed by atoms with van der Waals surface area (Å²) in [5.74, 6) is 0.764. The number of nitrogens with one attached hydrogen (secondary N) is 3. The molecule has 8 nitrogen and oxygen atoms in total. The Kier molecular flexibility index (Phi) is 9.16. The second-order valence-electron chi connectivity index (χ2n) is 11.1. The quantitative estimate of drug-likeness (QED) is 0.169. The van der Waals surface area contributed by atoms with Crippen molar-refractivity contribution in [1.29, 1.82) is 5.26 Å². The third kappa shape index (κ3) is 6.15. The molecule has 1 aromatic heterocycles. The van der Waals surface area contributed by atoms with Gasteiger partial charge in [-0.1, -0.05) is 23.3 Å². The number of aryl methyl sites for hydroxylation is 2. The molecule has 3 aromatic rings. The molecular weight excluding hydrogens is 498 g/mol. The highest BCUT2D eigenvalue weighted by atomic mass is 16.2. The molecule has 1 fully saturated rings. The molecule has 4 rings (SSSR count). The topological polar surface area (TPSA) is 99.5 Å². The predicted molar refractivity (Wildman–Crippen MR) is 163 cm³/mol. The van der Waals surface area contributed by atoms with Gasteiger partial charge in [0.15, 0.2) is 6.19 Å². The van der Waals surface area contributed by atoms with E-state index in [2.05, 4.69) is 77.0 Å². The number of piperazine rings is 1. The van der Waals surface area contributed by atoms with Crippen molar-refractivity contribution < 1.29 is 4.79 Å². The number of benzene rings is 2. The zero-order valence-corrected chi connectivity index (χ0v) is 24.8. The smallest absolute Gasteiger partial charge is 0.232 e.